The van der Waals surface area contributed by atoms with E-state index >= 15 is 0 Å². The Morgan fingerprint density at radius 3 is 2.00 bits per heavy atom. The average molecular weight is 443 g/mol. The lowest BCUT2D eigenvalue weighted by Crippen LogP contribution is -2.56. The van der Waals surface area contributed by atoms with Crippen molar-refractivity contribution in [1.82, 2.24) is 10.6 Å². The summed E-state index contributed by atoms with van der Waals surface area (Å²) in [5, 5.41) is 15.7. The summed E-state index contributed by atoms with van der Waals surface area (Å²) < 4.78 is 0. The van der Waals surface area contributed by atoms with E-state index in [1.165, 1.54) is 0 Å². The molecular formula is C27H42N2O3. The van der Waals surface area contributed by atoms with Gasteiger partial charge in [-0.05, 0) is 36.8 Å². The monoisotopic (exact) mass is 442 g/mol. The van der Waals surface area contributed by atoms with Gasteiger partial charge in [-0.25, -0.2) is 4.79 Å². The van der Waals surface area contributed by atoms with E-state index in [0.29, 0.717) is 5.57 Å². The molecule has 0 fully saturated rings. The van der Waals surface area contributed by atoms with E-state index < -0.39 is 17.4 Å². The van der Waals surface area contributed by atoms with Gasteiger partial charge in [0.1, 0.15) is 0 Å². The molecule has 3 atom stereocenters. The van der Waals surface area contributed by atoms with Crippen molar-refractivity contribution in [3.05, 3.63) is 59.7 Å². The van der Waals surface area contributed by atoms with Crippen molar-refractivity contribution in [1.29, 1.82) is 0 Å². The predicted molar refractivity (Wildman–Crippen MR) is 133 cm³/mol. The lowest BCUT2D eigenvalue weighted by molar-refractivity contribution is -0.132. The Morgan fingerprint density at radius 1 is 1.00 bits per heavy atom. The number of amides is 1. The summed E-state index contributed by atoms with van der Waals surface area (Å²) in [7, 11) is 1.81. The first-order valence-corrected chi connectivity index (χ1v) is 11.3. The maximum absolute atomic E-state index is 13.4. The zero-order chi connectivity index (χ0) is 24.7. The van der Waals surface area contributed by atoms with Crippen LogP contribution in [0.2, 0.25) is 0 Å². The lowest BCUT2D eigenvalue weighted by Gasteiger charge is -2.37. The first-order valence-electron chi connectivity index (χ1n) is 11.3. The number of carboxylic acids is 1. The van der Waals surface area contributed by atoms with Gasteiger partial charge in [0.2, 0.25) is 5.91 Å². The fraction of sp³-hybridized carbons (Fsp3) is 0.556. The minimum Gasteiger partial charge on any atom is -0.478 e. The van der Waals surface area contributed by atoms with Crippen molar-refractivity contribution in [2.24, 2.45) is 17.3 Å². The lowest BCUT2D eigenvalue weighted by atomic mass is 9.76. The highest BCUT2D eigenvalue weighted by molar-refractivity contribution is 5.86. The number of carbonyl (C=O) groups is 2. The van der Waals surface area contributed by atoms with Crippen molar-refractivity contribution < 1.29 is 14.7 Å². The second-order valence-corrected chi connectivity index (χ2v) is 10.5. The predicted octanol–water partition coefficient (Wildman–Crippen LogP) is 4.94. The van der Waals surface area contributed by atoms with Crippen LogP contribution in [0.1, 0.15) is 61.0 Å². The normalized spacial score (nSPS) is 16.1. The topological polar surface area (TPSA) is 78.4 Å². The molecule has 0 saturated heterocycles. The molecular weight excluding hydrogens is 400 g/mol. The molecule has 32 heavy (non-hydrogen) atoms. The molecule has 178 valence electrons. The third kappa shape index (κ3) is 7.63. The number of rotatable bonds is 10. The van der Waals surface area contributed by atoms with Gasteiger partial charge in [-0.3, -0.25) is 4.79 Å². The maximum atomic E-state index is 13.4. The Bertz CT molecular complexity index is 817. The number of aliphatic carboxylic acids is 1. The van der Waals surface area contributed by atoms with Crippen LogP contribution >= 0.6 is 0 Å². The largest absolute Gasteiger partial charge is 0.478 e. The molecule has 0 aliphatic rings. The number of nitrogens with one attached hydrogen (secondary N) is 2. The van der Waals surface area contributed by atoms with Crippen molar-refractivity contribution in [2.45, 2.75) is 72.9 Å². The standard InChI is InChI=1S/C27H42N2O3/c1-18(2)20(17-19(3)25(31)32)15-16-22(26(4,5)6)29-24(30)23(28-9)27(7,8)21-13-11-10-12-14-21/h10-18,20,22-23,28H,1-9H3,(H,29,30)(H,31,32)/b16-15+,19-17+/t20-,22?,23+/m0/s1. The molecule has 1 aromatic rings. The molecule has 0 spiro atoms. The Labute approximate surface area is 194 Å². The van der Waals surface area contributed by atoms with Crippen LogP contribution in [0.25, 0.3) is 0 Å². The van der Waals surface area contributed by atoms with Gasteiger partial charge in [0.25, 0.3) is 0 Å². The van der Waals surface area contributed by atoms with Gasteiger partial charge in [0.05, 0.1) is 12.1 Å². The molecule has 1 aromatic carbocycles. The summed E-state index contributed by atoms with van der Waals surface area (Å²) in [4.78, 5) is 24.7. The Hall–Kier alpha value is -2.40. The summed E-state index contributed by atoms with van der Waals surface area (Å²) in [6, 6.07) is 9.41. The SMILES string of the molecule is CN[C@H](C(=O)NC(/C=C/[C@@H](/C=C(\C)C(=O)O)C(C)C)C(C)(C)C)C(C)(C)c1ccccc1. The summed E-state index contributed by atoms with van der Waals surface area (Å²) >= 11 is 0. The molecule has 1 amide bonds. The first kappa shape index (κ1) is 27.6. The third-order valence-electron chi connectivity index (χ3n) is 6.10. The van der Waals surface area contributed by atoms with Gasteiger partial charge in [-0.2, -0.15) is 0 Å². The van der Waals surface area contributed by atoms with Crippen LogP contribution < -0.4 is 10.6 Å². The average Bonchev–Trinajstić information content (AvgIpc) is 2.69. The van der Waals surface area contributed by atoms with E-state index in [1.54, 1.807) is 13.0 Å². The zero-order valence-corrected chi connectivity index (χ0v) is 21.2. The molecule has 0 heterocycles. The van der Waals surface area contributed by atoms with Crippen molar-refractivity contribution >= 4 is 11.9 Å². The Morgan fingerprint density at radius 2 is 1.56 bits per heavy atom. The highest BCUT2D eigenvalue weighted by atomic mass is 16.4. The molecule has 1 unspecified atom stereocenters. The molecule has 0 aliphatic carbocycles. The molecule has 0 aliphatic heterocycles. The molecule has 0 radical (unpaired) electrons. The fourth-order valence-electron chi connectivity index (χ4n) is 3.71. The smallest absolute Gasteiger partial charge is 0.330 e. The van der Waals surface area contributed by atoms with E-state index in [-0.39, 0.29) is 29.2 Å². The van der Waals surface area contributed by atoms with Gasteiger partial charge in [0, 0.05) is 11.0 Å². The molecule has 1 rings (SSSR count). The van der Waals surface area contributed by atoms with Gasteiger partial charge < -0.3 is 15.7 Å². The number of carbonyl (C=O) groups excluding carboxylic acids is 1. The van der Waals surface area contributed by atoms with Crippen LogP contribution in [0.4, 0.5) is 0 Å². The van der Waals surface area contributed by atoms with Gasteiger partial charge >= 0.3 is 5.97 Å². The highest BCUT2D eigenvalue weighted by Crippen LogP contribution is 2.28. The number of benzene rings is 1. The summed E-state index contributed by atoms with van der Waals surface area (Å²) in [6.07, 6.45) is 5.81. The van der Waals surface area contributed by atoms with E-state index in [1.807, 2.05) is 49.5 Å². The van der Waals surface area contributed by atoms with Crippen molar-refractivity contribution in [2.75, 3.05) is 7.05 Å². The zero-order valence-electron chi connectivity index (χ0n) is 21.2. The minimum atomic E-state index is -0.912. The van der Waals surface area contributed by atoms with E-state index in [2.05, 4.69) is 59.1 Å². The van der Waals surface area contributed by atoms with Crippen LogP contribution in [-0.4, -0.2) is 36.1 Å². The van der Waals surface area contributed by atoms with Crippen LogP contribution in [-0.2, 0) is 15.0 Å². The van der Waals surface area contributed by atoms with E-state index in [4.69, 9.17) is 0 Å². The number of allylic oxidation sites excluding steroid dienone is 2. The van der Waals surface area contributed by atoms with Crippen LogP contribution in [0.3, 0.4) is 0 Å². The number of hydrogen-bond acceptors (Lipinski definition) is 3. The Kier molecular flexibility index (Phi) is 9.90. The second kappa shape index (κ2) is 11.5. The van der Waals surface area contributed by atoms with Gasteiger partial charge in [-0.15, -0.1) is 0 Å². The third-order valence-corrected chi connectivity index (χ3v) is 6.10. The summed E-state index contributed by atoms with van der Waals surface area (Å²) in [5.41, 5.74) is 0.790. The van der Waals surface area contributed by atoms with Crippen molar-refractivity contribution in [3.63, 3.8) is 0 Å². The second-order valence-electron chi connectivity index (χ2n) is 10.5. The van der Waals surface area contributed by atoms with Crippen LogP contribution in [0.5, 0.6) is 0 Å². The molecule has 0 aromatic heterocycles. The molecule has 5 nitrogen and oxygen atoms in total. The molecule has 0 bridgehead atoms. The summed E-state index contributed by atoms with van der Waals surface area (Å²) in [5.74, 6) is -0.776. The van der Waals surface area contributed by atoms with E-state index in [9.17, 15) is 14.7 Å². The molecule has 0 saturated carbocycles. The van der Waals surface area contributed by atoms with E-state index in [0.717, 1.165) is 5.56 Å². The first-order chi connectivity index (χ1) is 14.7. The number of hydrogen-bond donors (Lipinski definition) is 3. The van der Waals surface area contributed by atoms with Gasteiger partial charge in [-0.1, -0.05) is 97.0 Å². The molecule has 5 heteroatoms. The summed E-state index contributed by atoms with van der Waals surface area (Å²) in [6.45, 7) is 16.1. The number of carboxylic acid groups (broad SMARTS) is 1. The minimum absolute atomic E-state index is 0.0336. The Balaban J connectivity index is 3.18. The van der Waals surface area contributed by atoms with Gasteiger partial charge in [0.15, 0.2) is 0 Å². The quantitative estimate of drug-likeness (QED) is 0.354. The van der Waals surface area contributed by atoms with Crippen LogP contribution in [0, 0.1) is 17.3 Å². The van der Waals surface area contributed by atoms with Crippen LogP contribution in [0.15, 0.2) is 54.1 Å². The maximum Gasteiger partial charge on any atom is 0.330 e. The highest BCUT2D eigenvalue weighted by Gasteiger charge is 2.37. The van der Waals surface area contributed by atoms with Crippen molar-refractivity contribution in [3.8, 4) is 0 Å². The number of likely N-dealkylation sites (N-methyl/N-ethyl adjacent to an activating group) is 1. The fourth-order valence-corrected chi connectivity index (χ4v) is 3.71. The molecule has 3 N–H and O–H groups in total.